The van der Waals surface area contributed by atoms with Crippen LogP contribution in [-0.2, 0) is 22.7 Å². The molecule has 0 spiro atoms. The van der Waals surface area contributed by atoms with Gasteiger partial charge in [-0.2, -0.15) is 19.8 Å². The van der Waals surface area contributed by atoms with Crippen LogP contribution in [0.4, 0.5) is 0 Å². The van der Waals surface area contributed by atoms with Crippen molar-refractivity contribution in [2.24, 2.45) is 80.8 Å². The monoisotopic (exact) mass is 1050 g/mol. The summed E-state index contributed by atoms with van der Waals surface area (Å²) in [5, 5.41) is 50.1. The number of carbonyl (C=O) groups is 4. The van der Waals surface area contributed by atoms with Gasteiger partial charge in [0, 0.05) is 31.0 Å². The smallest absolute Gasteiger partial charge is 0.358 e. The lowest BCUT2D eigenvalue weighted by Gasteiger charge is -2.61. The summed E-state index contributed by atoms with van der Waals surface area (Å²) in [6.07, 6.45) is 22.3. The lowest BCUT2D eigenvalue weighted by molar-refractivity contribution is -0.151. The first-order valence-electron chi connectivity index (χ1n) is 28.6. The number of amides is 1. The minimum absolute atomic E-state index is 0. The van der Waals surface area contributed by atoms with Crippen LogP contribution in [0.3, 0.4) is 0 Å². The molecule has 8 aliphatic carbocycles. The number of ketones is 2. The molecular formula is C60H102N8O7. The maximum Gasteiger partial charge on any atom is 0.358 e. The topological polar surface area (TPSA) is 206 Å². The third-order valence-corrected chi connectivity index (χ3v) is 22.5. The zero-order chi connectivity index (χ0) is 53.2. The van der Waals surface area contributed by atoms with Crippen LogP contribution in [0.1, 0.15) is 221 Å². The summed E-state index contributed by atoms with van der Waals surface area (Å²) in [6, 6.07) is 0.712. The van der Waals surface area contributed by atoms with Gasteiger partial charge in [0.15, 0.2) is 23.0 Å². The van der Waals surface area contributed by atoms with Crippen molar-refractivity contribution < 1.29 is 34.5 Å². The summed E-state index contributed by atoms with van der Waals surface area (Å²) >= 11 is 0. The van der Waals surface area contributed by atoms with Crippen molar-refractivity contribution in [1.82, 2.24) is 40.2 Å². The number of aliphatic hydroxyl groups is 2. The molecule has 0 unspecified atom stereocenters. The number of carbonyl (C=O) groups excluding carboxylic acids is 3. The highest BCUT2D eigenvalue weighted by Crippen LogP contribution is 2.70. The molecule has 2 heterocycles. The zero-order valence-electron chi connectivity index (χ0n) is 46.8. The van der Waals surface area contributed by atoms with E-state index < -0.39 is 17.2 Å². The number of fused-ring (bicyclic) bond motifs is 10. The van der Waals surface area contributed by atoms with Gasteiger partial charge in [-0.3, -0.25) is 14.4 Å². The van der Waals surface area contributed by atoms with Crippen LogP contribution in [0.15, 0.2) is 12.4 Å². The summed E-state index contributed by atoms with van der Waals surface area (Å²) in [5.41, 5.74) is -0.112. The number of nitrogens with one attached hydrogen (secondary N) is 1. The molecule has 2 aromatic heterocycles. The van der Waals surface area contributed by atoms with Crippen molar-refractivity contribution in [1.29, 1.82) is 0 Å². The molecule has 4 N–H and O–H groups in total. The van der Waals surface area contributed by atoms with Gasteiger partial charge < -0.3 is 25.5 Å². The Hall–Kier alpha value is -3.56. The fourth-order valence-corrected chi connectivity index (χ4v) is 17.8. The molecular weight excluding hydrogens is 945 g/mol. The summed E-state index contributed by atoms with van der Waals surface area (Å²) in [7, 11) is 3.71. The highest BCUT2D eigenvalue weighted by Gasteiger charge is 2.63. The minimum atomic E-state index is -1.12. The largest absolute Gasteiger partial charge is 0.476 e. The SMILES string of the molecule is C.C.CC(C)N(C)C(=O)c1cnn(CC(=O)[C@H]2CC[C@H]3[C@@H]4CC[C@@H]5C[C@](C)(O)CC[C@]5(C)[C@H]4CC[C@]23C)n1.CNC(C)C.C[C@@]1(O)CC[C@@]2(C)[C@H](CC[C@@H]3[C@@H]2CC[C@]2(C)[C@@H](C(=O)Cn4ncc(C(=O)O)n4)CC[C@@H]32)C1. The average molecular weight is 1050 g/mol. The second kappa shape index (κ2) is 22.7. The Bertz CT molecular complexity index is 2330. The minimum Gasteiger partial charge on any atom is -0.476 e. The van der Waals surface area contributed by atoms with Crippen LogP contribution in [0.5, 0.6) is 0 Å². The number of Topliss-reactive ketones (excluding diaryl/α,β-unsaturated/α-hetero) is 2. The Balaban J connectivity index is 0.000000219. The lowest BCUT2D eigenvalue weighted by Crippen LogP contribution is -2.55. The number of carboxylic acid groups (broad SMARTS) is 1. The van der Waals surface area contributed by atoms with E-state index in [1.165, 1.54) is 60.5 Å². The van der Waals surface area contributed by atoms with Crippen molar-refractivity contribution >= 4 is 23.4 Å². The van der Waals surface area contributed by atoms with Crippen LogP contribution >= 0.6 is 0 Å². The Labute approximate surface area is 451 Å². The predicted molar refractivity (Wildman–Crippen MR) is 294 cm³/mol. The standard InChI is InChI=1S/C29H46N4O3.C25H37N3O4.C4H11N.2CH4/c1-18(2)32(6)26(35)24-16-30-33(31-24)17-25(34)23-10-9-21-20-8-7-19-15-27(3,36)13-14-28(19,4)22(20)11-12-29(21,23)5;1-23(32)10-11-24(2)15(12-23)4-5-16-17-6-7-19(25(17,3)9-8-18(16)24)21(29)14-28-26-13-20(27-28)22(30)31;1-4(2)5-3;;/h16,18-23,36H,7-15,17H2,1-6H3;13,15-19,32H,4-12,14H2,1-3H3,(H,30,31);4-5H,1-3H3;2*1H4/t19-,20+,21+,22+,23-,27-,28+,29+;15-,16+,17+,18+,19-,23-,24+,25+;;;/m11.../s1. The van der Waals surface area contributed by atoms with E-state index in [-0.39, 0.29) is 79.8 Å². The van der Waals surface area contributed by atoms with E-state index in [1.807, 2.05) is 34.7 Å². The molecule has 2 aromatic rings. The molecule has 75 heavy (non-hydrogen) atoms. The second-order valence-corrected chi connectivity index (χ2v) is 27.3. The fraction of sp³-hybridized carbons (Fsp3) is 0.867. The maximum absolute atomic E-state index is 13.6. The van der Waals surface area contributed by atoms with Crippen molar-refractivity contribution in [3.63, 3.8) is 0 Å². The van der Waals surface area contributed by atoms with Crippen molar-refractivity contribution in [2.75, 3.05) is 14.1 Å². The third-order valence-electron chi connectivity index (χ3n) is 22.5. The Morgan fingerprint density at radius 2 is 0.987 bits per heavy atom. The lowest BCUT2D eigenvalue weighted by atomic mass is 9.44. The number of nitrogens with zero attached hydrogens (tertiary/aromatic N) is 7. The normalized spacial score (nSPS) is 40.2. The van der Waals surface area contributed by atoms with Gasteiger partial charge in [-0.25, -0.2) is 4.79 Å². The third kappa shape index (κ3) is 11.6. The van der Waals surface area contributed by atoms with Gasteiger partial charge in [-0.1, -0.05) is 56.4 Å². The number of aromatic carboxylic acids is 1. The first-order valence-corrected chi connectivity index (χ1v) is 28.6. The summed E-state index contributed by atoms with van der Waals surface area (Å²) < 4.78 is 0. The van der Waals surface area contributed by atoms with Crippen LogP contribution in [-0.4, -0.2) is 111 Å². The first-order chi connectivity index (χ1) is 34.2. The van der Waals surface area contributed by atoms with Crippen molar-refractivity contribution in [3.8, 4) is 0 Å². The quantitative estimate of drug-likeness (QED) is 0.175. The Morgan fingerprint density at radius 1 is 0.600 bits per heavy atom. The molecule has 8 saturated carbocycles. The van der Waals surface area contributed by atoms with Crippen molar-refractivity contribution in [3.05, 3.63) is 23.8 Å². The second-order valence-electron chi connectivity index (χ2n) is 27.3. The van der Waals surface area contributed by atoms with Crippen LogP contribution in [0.2, 0.25) is 0 Å². The highest BCUT2D eigenvalue weighted by molar-refractivity contribution is 5.92. The van der Waals surface area contributed by atoms with E-state index in [0.717, 1.165) is 83.0 Å². The maximum atomic E-state index is 13.6. The summed E-state index contributed by atoms with van der Waals surface area (Å²) in [4.78, 5) is 54.9. The molecule has 0 aliphatic heterocycles. The van der Waals surface area contributed by atoms with Gasteiger partial charge >= 0.3 is 5.97 Å². The van der Waals surface area contributed by atoms with Gasteiger partial charge in [0.1, 0.15) is 13.1 Å². The molecule has 10 rings (SSSR count). The molecule has 0 radical (unpaired) electrons. The van der Waals surface area contributed by atoms with E-state index in [4.69, 9.17) is 5.11 Å². The van der Waals surface area contributed by atoms with E-state index in [1.54, 1.807) is 11.9 Å². The van der Waals surface area contributed by atoms with E-state index >= 15 is 0 Å². The number of carboxylic acids is 1. The molecule has 0 aromatic carbocycles. The molecule has 15 heteroatoms. The average Bonchev–Trinajstić information content (AvgIpc) is 4.14. The molecule has 16 atom stereocenters. The number of rotatable bonds is 10. The Morgan fingerprint density at radius 3 is 1.36 bits per heavy atom. The molecule has 8 aliphatic rings. The van der Waals surface area contributed by atoms with E-state index in [0.29, 0.717) is 64.0 Å². The summed E-state index contributed by atoms with van der Waals surface area (Å²) in [6.45, 7) is 22.1. The summed E-state index contributed by atoms with van der Waals surface area (Å²) in [5.74, 6) is 4.36. The van der Waals surface area contributed by atoms with Gasteiger partial charge in [-0.15, -0.1) is 10.2 Å². The van der Waals surface area contributed by atoms with Gasteiger partial charge in [0.2, 0.25) is 0 Å². The van der Waals surface area contributed by atoms with Crippen molar-refractivity contribution in [2.45, 2.75) is 236 Å². The number of aromatic nitrogens is 6. The molecule has 424 valence electrons. The number of hydrogen-bond donors (Lipinski definition) is 4. The number of hydrogen-bond acceptors (Lipinski definition) is 11. The zero-order valence-corrected chi connectivity index (χ0v) is 46.8. The fourth-order valence-electron chi connectivity index (χ4n) is 17.8. The first kappa shape index (κ1) is 60.7. The van der Waals surface area contributed by atoms with Gasteiger partial charge in [0.05, 0.1) is 23.6 Å². The Kier molecular flexibility index (Phi) is 18.3. The van der Waals surface area contributed by atoms with Crippen LogP contribution < -0.4 is 5.32 Å². The molecule has 0 bridgehead atoms. The highest BCUT2D eigenvalue weighted by atomic mass is 16.4. The predicted octanol–water partition coefficient (Wildman–Crippen LogP) is 10.6. The van der Waals surface area contributed by atoms with E-state index in [2.05, 4.69) is 67.3 Å². The molecule has 1 amide bonds. The van der Waals surface area contributed by atoms with Gasteiger partial charge in [-0.05, 0) is 219 Å². The molecule has 0 saturated heterocycles. The molecule has 8 fully saturated rings. The van der Waals surface area contributed by atoms with Gasteiger partial charge in [0.25, 0.3) is 5.91 Å². The van der Waals surface area contributed by atoms with Crippen LogP contribution in [0.25, 0.3) is 0 Å². The van der Waals surface area contributed by atoms with Crippen LogP contribution in [0, 0.1) is 80.8 Å². The van der Waals surface area contributed by atoms with E-state index in [9.17, 15) is 29.4 Å². The molecule has 15 nitrogen and oxygen atoms in total.